The first-order valence-electron chi connectivity index (χ1n) is 12.1. The molecule has 1 aromatic carbocycles. The van der Waals surface area contributed by atoms with E-state index in [9.17, 15) is 18.0 Å². The van der Waals surface area contributed by atoms with Crippen LogP contribution in [0.3, 0.4) is 0 Å². The summed E-state index contributed by atoms with van der Waals surface area (Å²) in [5.41, 5.74) is 0.753. The number of aromatic nitrogens is 4. The molecule has 3 heterocycles. The maximum absolute atomic E-state index is 13.5. The monoisotopic (exact) mass is 543 g/mol. The topological polar surface area (TPSA) is 72.6 Å². The van der Waals surface area contributed by atoms with Crippen molar-refractivity contribution in [1.82, 2.24) is 19.6 Å². The lowest BCUT2D eigenvalue weighted by Gasteiger charge is -2.28. The summed E-state index contributed by atoms with van der Waals surface area (Å²) in [6.45, 7) is 5.34. The number of amides is 1. The van der Waals surface area contributed by atoms with Crippen LogP contribution in [0.25, 0.3) is 16.9 Å². The Bertz CT molecular complexity index is 1490. The van der Waals surface area contributed by atoms with E-state index < -0.39 is 23.4 Å². The Morgan fingerprint density at radius 3 is 2.50 bits per heavy atom. The molecule has 11 heteroatoms. The number of hydrogen-bond acceptors (Lipinski definition) is 5. The maximum atomic E-state index is 13.5. The van der Waals surface area contributed by atoms with Crippen LogP contribution in [0.2, 0.25) is 5.15 Å². The number of pyridine rings is 1. The average Bonchev–Trinajstić information content (AvgIpc) is 3.60. The molecule has 0 spiro atoms. The van der Waals surface area contributed by atoms with Crippen LogP contribution in [0.5, 0.6) is 0 Å². The first-order chi connectivity index (χ1) is 17.9. The van der Waals surface area contributed by atoms with Crippen LogP contribution in [0.4, 0.5) is 23.8 Å². The van der Waals surface area contributed by atoms with E-state index in [1.165, 1.54) is 17.2 Å². The zero-order valence-corrected chi connectivity index (χ0v) is 21.7. The Balaban J connectivity index is 1.52. The molecule has 0 atom stereocenters. The molecule has 1 aliphatic carbocycles. The summed E-state index contributed by atoms with van der Waals surface area (Å²) < 4.78 is 47.7. The fourth-order valence-electron chi connectivity index (χ4n) is 4.18. The standard InChI is InChI=1S/C27H25ClF3N5O2/c1-26(2,3)38-25(37)35(22-13-21(28)34-24-19(17-10-11-17)14-33-36(22)24)15-16-6-8-18(9-7-16)23-20(27(29,30)31)5-4-12-32-23/h4-9,12-14,17H,10-11,15H2,1-3H3. The summed E-state index contributed by atoms with van der Waals surface area (Å²) >= 11 is 6.37. The van der Waals surface area contributed by atoms with Gasteiger partial charge in [0.2, 0.25) is 0 Å². The SMILES string of the molecule is CC(C)(C)OC(=O)N(Cc1ccc(-c2ncccc2C(F)(F)F)cc1)c1cc(Cl)nc2c(C3CC3)cnn12. The quantitative estimate of drug-likeness (QED) is 0.247. The fourth-order valence-corrected chi connectivity index (χ4v) is 4.36. The first kappa shape index (κ1) is 26.0. The normalized spacial score (nSPS) is 14.1. The molecule has 7 nitrogen and oxygen atoms in total. The Morgan fingerprint density at radius 2 is 1.87 bits per heavy atom. The Kier molecular flexibility index (Phi) is 6.54. The summed E-state index contributed by atoms with van der Waals surface area (Å²) in [6, 6.07) is 10.2. The number of ether oxygens (including phenoxy) is 1. The summed E-state index contributed by atoms with van der Waals surface area (Å²) in [7, 11) is 0. The number of halogens is 4. The van der Waals surface area contributed by atoms with Crippen molar-refractivity contribution in [3.63, 3.8) is 0 Å². The minimum absolute atomic E-state index is 0.0532. The number of hydrogen-bond donors (Lipinski definition) is 0. The number of fused-ring (bicyclic) bond motifs is 1. The molecule has 0 radical (unpaired) electrons. The molecule has 1 amide bonds. The van der Waals surface area contributed by atoms with Crippen molar-refractivity contribution in [2.45, 2.75) is 57.9 Å². The second-order valence-corrected chi connectivity index (χ2v) is 10.6. The van der Waals surface area contributed by atoms with Crippen molar-refractivity contribution in [2.24, 2.45) is 0 Å². The highest BCUT2D eigenvalue weighted by atomic mass is 35.5. The van der Waals surface area contributed by atoms with Gasteiger partial charge in [0, 0.05) is 23.4 Å². The summed E-state index contributed by atoms with van der Waals surface area (Å²) in [4.78, 5) is 23.2. The summed E-state index contributed by atoms with van der Waals surface area (Å²) in [5.74, 6) is 0.733. The molecule has 198 valence electrons. The third-order valence-electron chi connectivity index (χ3n) is 6.04. The van der Waals surface area contributed by atoms with Gasteiger partial charge in [-0.15, -0.1) is 0 Å². The zero-order chi connectivity index (χ0) is 27.2. The number of nitrogens with zero attached hydrogens (tertiary/aromatic N) is 5. The van der Waals surface area contributed by atoms with Gasteiger partial charge >= 0.3 is 12.3 Å². The Hall–Kier alpha value is -3.66. The van der Waals surface area contributed by atoms with E-state index in [1.54, 1.807) is 61.8 Å². The predicted molar refractivity (Wildman–Crippen MR) is 137 cm³/mol. The van der Waals surface area contributed by atoms with Crippen molar-refractivity contribution in [3.05, 3.63) is 76.7 Å². The minimum Gasteiger partial charge on any atom is -0.443 e. The highest BCUT2D eigenvalue weighted by Crippen LogP contribution is 2.42. The second kappa shape index (κ2) is 9.58. The largest absolute Gasteiger partial charge is 0.443 e. The number of anilines is 1. The van der Waals surface area contributed by atoms with Gasteiger partial charge in [-0.3, -0.25) is 9.88 Å². The van der Waals surface area contributed by atoms with Gasteiger partial charge in [0.05, 0.1) is 24.0 Å². The van der Waals surface area contributed by atoms with Crippen molar-refractivity contribution >= 4 is 29.2 Å². The summed E-state index contributed by atoms with van der Waals surface area (Å²) in [6.07, 6.45) is -0.0184. The molecule has 1 saturated carbocycles. The predicted octanol–water partition coefficient (Wildman–Crippen LogP) is 7.28. The highest BCUT2D eigenvalue weighted by Gasteiger charge is 2.34. The van der Waals surface area contributed by atoms with Crippen molar-refractivity contribution < 1.29 is 22.7 Å². The number of benzene rings is 1. The molecule has 0 unspecified atom stereocenters. The van der Waals surface area contributed by atoms with Crippen LogP contribution in [0.1, 0.15) is 56.2 Å². The molecule has 4 aromatic rings. The van der Waals surface area contributed by atoms with Gasteiger partial charge in [-0.1, -0.05) is 35.9 Å². The van der Waals surface area contributed by atoms with Gasteiger partial charge in [0.25, 0.3) is 0 Å². The molecule has 1 aliphatic rings. The third kappa shape index (κ3) is 5.45. The molecule has 0 saturated heterocycles. The Morgan fingerprint density at radius 1 is 1.16 bits per heavy atom. The van der Waals surface area contributed by atoms with E-state index in [0.717, 1.165) is 24.5 Å². The molecule has 5 rings (SSSR count). The zero-order valence-electron chi connectivity index (χ0n) is 21.0. The lowest BCUT2D eigenvalue weighted by molar-refractivity contribution is -0.137. The number of carbonyl (C=O) groups is 1. The van der Waals surface area contributed by atoms with Crippen molar-refractivity contribution in [1.29, 1.82) is 0 Å². The number of rotatable bonds is 5. The molecule has 1 fully saturated rings. The second-order valence-electron chi connectivity index (χ2n) is 10.2. The third-order valence-corrected chi connectivity index (χ3v) is 6.23. The van der Waals surface area contributed by atoms with Crippen LogP contribution in [-0.4, -0.2) is 31.3 Å². The molecule has 0 aliphatic heterocycles. The molecule has 3 aromatic heterocycles. The number of carbonyl (C=O) groups excluding carboxylic acids is 1. The average molecular weight is 544 g/mol. The lowest BCUT2D eigenvalue weighted by Crippen LogP contribution is -2.37. The van der Waals surface area contributed by atoms with Crippen LogP contribution in [-0.2, 0) is 17.5 Å². The van der Waals surface area contributed by atoms with Gasteiger partial charge in [0.1, 0.15) is 16.6 Å². The van der Waals surface area contributed by atoms with E-state index in [2.05, 4.69) is 15.1 Å². The van der Waals surface area contributed by atoms with E-state index in [4.69, 9.17) is 16.3 Å². The summed E-state index contributed by atoms with van der Waals surface area (Å²) in [5, 5.41) is 4.68. The Labute approximate surface area is 222 Å². The van der Waals surface area contributed by atoms with Crippen LogP contribution in [0.15, 0.2) is 54.9 Å². The van der Waals surface area contributed by atoms with E-state index in [-0.39, 0.29) is 17.4 Å². The van der Waals surface area contributed by atoms with Crippen LogP contribution >= 0.6 is 11.6 Å². The highest BCUT2D eigenvalue weighted by molar-refractivity contribution is 6.29. The van der Waals surface area contributed by atoms with E-state index in [1.807, 2.05) is 0 Å². The fraction of sp³-hybridized carbons (Fsp3) is 0.333. The number of alkyl halides is 3. The smallest absolute Gasteiger partial charge is 0.418 e. The molecule has 38 heavy (non-hydrogen) atoms. The van der Waals surface area contributed by atoms with Gasteiger partial charge < -0.3 is 4.74 Å². The van der Waals surface area contributed by atoms with Crippen LogP contribution in [0, 0.1) is 0 Å². The lowest BCUT2D eigenvalue weighted by atomic mass is 10.0. The molecule has 0 N–H and O–H groups in total. The van der Waals surface area contributed by atoms with Crippen molar-refractivity contribution in [3.8, 4) is 11.3 Å². The molecular formula is C27H25ClF3N5O2. The van der Waals surface area contributed by atoms with E-state index >= 15 is 0 Å². The van der Waals surface area contributed by atoms with Gasteiger partial charge in [-0.25, -0.2) is 9.78 Å². The first-order valence-corrected chi connectivity index (χ1v) is 12.4. The molecule has 0 bridgehead atoms. The van der Waals surface area contributed by atoms with Crippen molar-refractivity contribution in [2.75, 3.05) is 4.90 Å². The van der Waals surface area contributed by atoms with Gasteiger partial charge in [-0.2, -0.15) is 22.8 Å². The van der Waals surface area contributed by atoms with Gasteiger partial charge in [0.15, 0.2) is 5.65 Å². The van der Waals surface area contributed by atoms with E-state index in [0.29, 0.717) is 28.5 Å². The minimum atomic E-state index is -4.54. The van der Waals surface area contributed by atoms with Gasteiger partial charge in [-0.05, 0) is 57.2 Å². The molecular weight excluding hydrogens is 519 g/mol. The maximum Gasteiger partial charge on any atom is 0.418 e. The van der Waals surface area contributed by atoms with Crippen LogP contribution < -0.4 is 4.90 Å².